The molecular formula is C12Br4Cl4F18. The average molecular weight is 948 g/mol. The molecule has 230 valence electrons. The van der Waals surface area contributed by atoms with Crippen molar-refractivity contribution in [1.82, 2.24) is 0 Å². The van der Waals surface area contributed by atoms with Crippen molar-refractivity contribution in [1.29, 1.82) is 0 Å². The van der Waals surface area contributed by atoms with Gasteiger partial charge in [-0.15, -0.1) is 0 Å². The Morgan fingerprint density at radius 3 is 0.816 bits per heavy atom. The van der Waals surface area contributed by atoms with Crippen LogP contribution in [0.2, 0.25) is 0 Å². The SMILES string of the molecule is FC(F)(Cl)C(F)(F)C(F)(F)C(F)(F)C(F)(F)C(F)(F)C(F)(Br)C(F)(Br)C(F)(Br)C(F)(Br)C(F)(Cl)C(F)(Cl)Cl. The van der Waals surface area contributed by atoms with Crippen LogP contribution in [-0.2, 0) is 0 Å². The van der Waals surface area contributed by atoms with Gasteiger partial charge in [-0.25, -0.2) is 26.3 Å². The maximum Gasteiger partial charge on any atom is 0.393 e. The Morgan fingerprint density at radius 1 is 0.316 bits per heavy atom. The highest BCUT2D eigenvalue weighted by Crippen LogP contribution is 2.72. The molecule has 0 fully saturated rings. The van der Waals surface area contributed by atoms with Crippen molar-refractivity contribution in [3.8, 4) is 0 Å². The molecule has 5 atom stereocenters. The van der Waals surface area contributed by atoms with E-state index in [0.717, 1.165) is 47.8 Å². The lowest BCUT2D eigenvalue weighted by Crippen LogP contribution is -2.76. The molecule has 0 aliphatic heterocycles. The van der Waals surface area contributed by atoms with Gasteiger partial charge in [-0.3, -0.25) is 0 Å². The summed E-state index contributed by atoms with van der Waals surface area (Å²) in [5, 5.41) is -12.4. The van der Waals surface area contributed by atoms with E-state index in [2.05, 4.69) is 46.4 Å². The highest BCUT2D eigenvalue weighted by atomic mass is 79.9. The van der Waals surface area contributed by atoms with Crippen LogP contribution in [0.25, 0.3) is 0 Å². The predicted octanol–water partition coefficient (Wildman–Crippen LogP) is 11.2. The zero-order chi connectivity index (χ0) is 32.0. The third-order valence-corrected chi connectivity index (χ3v) is 11.9. The standard InChI is InChI=1S/C12Br4Cl4F18/c13-1(21,3(15,23)5(17,25)11(18,19)36)2(14,22)4(16,24)6(26,27)7(28,29)8(30,31)9(32,33)10(34,35)12(20,37)38. The molecule has 0 saturated heterocycles. The van der Waals surface area contributed by atoms with Gasteiger partial charge in [-0.05, 0) is 75.3 Å². The molecule has 0 nitrogen and oxygen atoms in total. The number of halogens is 26. The molecule has 0 bridgehead atoms. The van der Waals surface area contributed by atoms with E-state index in [0.29, 0.717) is 15.9 Å². The van der Waals surface area contributed by atoms with Crippen LogP contribution in [0.5, 0.6) is 0 Å². The highest BCUT2D eigenvalue weighted by Gasteiger charge is 2.95. The molecule has 0 saturated carbocycles. The Labute approximate surface area is 250 Å². The van der Waals surface area contributed by atoms with Crippen molar-refractivity contribution in [2.45, 2.75) is 63.0 Å². The molecule has 0 aromatic heterocycles. The van der Waals surface area contributed by atoms with Crippen molar-refractivity contribution in [3.63, 3.8) is 0 Å². The minimum atomic E-state index is -8.57. The van der Waals surface area contributed by atoms with Crippen molar-refractivity contribution in [3.05, 3.63) is 0 Å². The van der Waals surface area contributed by atoms with Gasteiger partial charge in [0, 0.05) is 0 Å². The topological polar surface area (TPSA) is 0 Å². The largest absolute Gasteiger partial charge is 0.393 e. The molecule has 0 heterocycles. The number of rotatable bonds is 11. The second kappa shape index (κ2) is 10.2. The van der Waals surface area contributed by atoms with Crippen LogP contribution < -0.4 is 0 Å². The number of alkyl halides is 26. The van der Waals surface area contributed by atoms with Crippen LogP contribution in [0.15, 0.2) is 0 Å². The predicted molar refractivity (Wildman–Crippen MR) is 112 cm³/mol. The highest BCUT2D eigenvalue weighted by molar-refractivity contribution is 9.15. The summed E-state index contributed by atoms with van der Waals surface area (Å²) in [5.74, 6) is -41.4. The molecular weight excluding hydrogens is 948 g/mol. The molecule has 0 rings (SSSR count). The molecule has 5 unspecified atom stereocenters. The third-order valence-electron chi connectivity index (χ3n) is 4.26. The van der Waals surface area contributed by atoms with Gasteiger partial charge < -0.3 is 0 Å². The Balaban J connectivity index is 7.29. The van der Waals surface area contributed by atoms with Gasteiger partial charge in [-0.1, -0.05) is 34.8 Å². The van der Waals surface area contributed by atoms with E-state index < -0.39 is 63.0 Å². The first-order valence-corrected chi connectivity index (χ1v) is 12.3. The summed E-state index contributed by atoms with van der Waals surface area (Å²) in [6.45, 7) is 0. The van der Waals surface area contributed by atoms with Gasteiger partial charge in [0.2, 0.25) is 0 Å². The van der Waals surface area contributed by atoms with Gasteiger partial charge >= 0.3 is 39.6 Å². The van der Waals surface area contributed by atoms with Crippen LogP contribution >= 0.6 is 110 Å². The summed E-state index contributed by atoms with van der Waals surface area (Å²) in [4.78, 5) is 0. The smallest absolute Gasteiger partial charge is 0.222 e. The summed E-state index contributed by atoms with van der Waals surface area (Å²) < 4.78 is 220. The molecule has 0 radical (unpaired) electrons. The first-order chi connectivity index (χ1) is 15.8. The minimum Gasteiger partial charge on any atom is -0.222 e. The minimum absolute atomic E-state index is 0.514. The fraction of sp³-hybridized carbons (Fsp3) is 1.00. The van der Waals surface area contributed by atoms with Gasteiger partial charge in [-0.2, -0.15) is 52.7 Å². The maximum absolute atomic E-state index is 15.0. The van der Waals surface area contributed by atoms with Gasteiger partial charge in [0.25, 0.3) is 23.4 Å². The lowest BCUT2D eigenvalue weighted by atomic mass is 9.89. The van der Waals surface area contributed by atoms with E-state index in [1.54, 1.807) is 0 Å². The lowest BCUT2D eigenvalue weighted by Gasteiger charge is -2.49. The van der Waals surface area contributed by atoms with Gasteiger partial charge in [0.05, 0.1) is 0 Å². The lowest BCUT2D eigenvalue weighted by molar-refractivity contribution is -0.425. The zero-order valence-electron chi connectivity index (χ0n) is 15.8. The van der Waals surface area contributed by atoms with Gasteiger partial charge in [0.15, 0.2) is 0 Å². The quantitative estimate of drug-likeness (QED) is 0.143. The fourth-order valence-corrected chi connectivity index (χ4v) is 5.45. The van der Waals surface area contributed by atoms with Crippen molar-refractivity contribution >= 4 is 110 Å². The van der Waals surface area contributed by atoms with E-state index >= 15 is 8.78 Å². The average Bonchev–Trinajstić information content (AvgIpc) is 2.64. The van der Waals surface area contributed by atoms with Crippen molar-refractivity contribution in [2.75, 3.05) is 0 Å². The Morgan fingerprint density at radius 2 is 0.553 bits per heavy atom. The van der Waals surface area contributed by atoms with E-state index in [-0.39, 0.29) is 0 Å². The van der Waals surface area contributed by atoms with Crippen LogP contribution in [0.3, 0.4) is 0 Å². The van der Waals surface area contributed by atoms with Crippen LogP contribution in [0, 0.1) is 0 Å². The first kappa shape index (κ1) is 39.8. The summed E-state index contributed by atoms with van der Waals surface area (Å²) in [6.07, 6.45) is 0. The summed E-state index contributed by atoms with van der Waals surface area (Å²) >= 11 is 20.2. The summed E-state index contributed by atoms with van der Waals surface area (Å²) in [7, 11) is 0. The fourth-order valence-electron chi connectivity index (χ4n) is 1.93. The molecule has 0 aromatic rings. The van der Waals surface area contributed by atoms with E-state index in [4.69, 9.17) is 0 Å². The van der Waals surface area contributed by atoms with Crippen molar-refractivity contribution < 1.29 is 79.0 Å². The Bertz CT molecular complexity index is 823. The summed E-state index contributed by atoms with van der Waals surface area (Å²) in [5.41, 5.74) is 0. The van der Waals surface area contributed by atoms with E-state index in [1.165, 1.54) is 0 Å². The Kier molecular flexibility index (Phi) is 10.7. The summed E-state index contributed by atoms with van der Waals surface area (Å²) in [6, 6.07) is 0. The molecule has 0 amide bonds. The van der Waals surface area contributed by atoms with Gasteiger partial charge in [0.1, 0.15) is 0 Å². The zero-order valence-corrected chi connectivity index (χ0v) is 25.2. The molecule has 0 aliphatic rings. The third kappa shape index (κ3) is 5.04. The Hall–Kier alpha value is 1.82. The van der Waals surface area contributed by atoms with Crippen molar-refractivity contribution in [2.24, 2.45) is 0 Å². The molecule has 0 aromatic carbocycles. The molecule has 0 N–H and O–H groups in total. The van der Waals surface area contributed by atoms with Crippen LogP contribution in [-0.4, -0.2) is 63.0 Å². The number of hydrogen-bond donors (Lipinski definition) is 0. The molecule has 38 heavy (non-hydrogen) atoms. The molecule has 0 aliphatic carbocycles. The first-order valence-electron chi connectivity index (χ1n) is 7.66. The molecule has 0 spiro atoms. The second-order valence-corrected chi connectivity index (χ2v) is 13.3. The second-order valence-electron chi connectivity index (χ2n) is 6.74. The van der Waals surface area contributed by atoms with Crippen LogP contribution in [0.1, 0.15) is 0 Å². The van der Waals surface area contributed by atoms with E-state index in [9.17, 15) is 70.2 Å². The van der Waals surface area contributed by atoms with E-state index in [1.807, 2.05) is 0 Å². The monoisotopic (exact) mass is 942 g/mol. The normalized spacial score (nSPS) is 23.5. The molecule has 26 heteroatoms. The number of hydrogen-bond acceptors (Lipinski definition) is 0. The van der Waals surface area contributed by atoms with Crippen LogP contribution in [0.4, 0.5) is 79.0 Å². The maximum atomic E-state index is 15.0.